The van der Waals surface area contributed by atoms with Crippen LogP contribution in [-0.2, 0) is 4.74 Å². The number of rotatable bonds is 1. The molecule has 0 atom stereocenters. The van der Waals surface area contributed by atoms with Crippen LogP contribution >= 0.6 is 0 Å². The van der Waals surface area contributed by atoms with Gasteiger partial charge in [0.05, 0.1) is 13.2 Å². The average molecular weight is 211 g/mol. The zero-order valence-electron chi connectivity index (χ0n) is 8.99. The van der Waals surface area contributed by atoms with Crippen molar-refractivity contribution in [1.82, 2.24) is 0 Å². The highest BCUT2D eigenvalue weighted by atomic mass is 16.5. The van der Waals surface area contributed by atoms with Crippen LogP contribution in [0.5, 0.6) is 0 Å². The predicted octanol–water partition coefficient (Wildman–Crippen LogP) is -1.87. The summed E-state index contributed by atoms with van der Waals surface area (Å²) in [6.07, 6.45) is 0. The molecule has 5 heteroatoms. The molecule has 1 heterocycles. The summed E-state index contributed by atoms with van der Waals surface area (Å²) < 4.78 is 5.30. The van der Waals surface area contributed by atoms with Crippen LogP contribution in [0.25, 0.3) is 0 Å². The molecule has 15 heavy (non-hydrogen) atoms. The van der Waals surface area contributed by atoms with Crippen LogP contribution in [-0.4, -0.2) is 45.1 Å². The molecular formula is C10H18BNO3. The fourth-order valence-electron chi connectivity index (χ4n) is 1.58. The van der Waals surface area contributed by atoms with E-state index in [-0.39, 0.29) is 11.0 Å². The molecule has 0 aliphatic carbocycles. The van der Waals surface area contributed by atoms with Crippen LogP contribution in [0.1, 0.15) is 0 Å². The molecule has 0 saturated carbocycles. The summed E-state index contributed by atoms with van der Waals surface area (Å²) in [6.45, 7) is 3.74. The summed E-state index contributed by atoms with van der Waals surface area (Å²) in [6, 6.07) is 8.68. The van der Waals surface area contributed by atoms with Crippen molar-refractivity contribution in [3.8, 4) is 0 Å². The molecule has 4 N–H and O–H groups in total. The van der Waals surface area contributed by atoms with Crippen molar-refractivity contribution in [3.63, 3.8) is 0 Å². The molecule has 2 rings (SSSR count). The van der Waals surface area contributed by atoms with Crippen LogP contribution in [0.2, 0.25) is 0 Å². The Morgan fingerprint density at radius 3 is 2.07 bits per heavy atom. The lowest BCUT2D eigenvalue weighted by Gasteiger charge is -2.28. The maximum Gasteiger partial charge on any atom is 0.139 e. The molecule has 0 spiro atoms. The smallest absolute Gasteiger partial charge is 0.139 e. The maximum atomic E-state index is 5.30. The van der Waals surface area contributed by atoms with Crippen molar-refractivity contribution < 1.29 is 15.7 Å². The number of anilines is 1. The minimum Gasteiger partial charge on any atom is -0.412 e. The zero-order valence-corrected chi connectivity index (χ0v) is 8.99. The molecule has 0 aromatic heterocycles. The monoisotopic (exact) mass is 211 g/mol. The van der Waals surface area contributed by atoms with E-state index in [2.05, 4.69) is 37.0 Å². The molecule has 0 unspecified atom stereocenters. The van der Waals surface area contributed by atoms with E-state index in [1.54, 1.807) is 0 Å². The van der Waals surface area contributed by atoms with Gasteiger partial charge in [-0.25, -0.2) is 0 Å². The van der Waals surface area contributed by atoms with E-state index in [0.717, 1.165) is 26.3 Å². The number of benzene rings is 1. The van der Waals surface area contributed by atoms with Crippen molar-refractivity contribution in [2.24, 2.45) is 0 Å². The molecule has 1 saturated heterocycles. The van der Waals surface area contributed by atoms with Gasteiger partial charge >= 0.3 is 0 Å². The summed E-state index contributed by atoms with van der Waals surface area (Å²) in [4.78, 5) is 2.36. The van der Waals surface area contributed by atoms with Gasteiger partial charge in [-0.2, -0.15) is 0 Å². The largest absolute Gasteiger partial charge is 0.412 e. The van der Waals surface area contributed by atoms with Gasteiger partial charge in [0, 0.05) is 18.8 Å². The third-order valence-electron chi connectivity index (χ3n) is 2.41. The highest BCUT2D eigenvalue weighted by Crippen LogP contribution is 2.13. The summed E-state index contributed by atoms with van der Waals surface area (Å²) in [5, 5.41) is 0. The number of morpholine rings is 1. The van der Waals surface area contributed by atoms with Crippen LogP contribution < -0.4 is 10.4 Å². The van der Waals surface area contributed by atoms with E-state index in [4.69, 9.17) is 4.74 Å². The van der Waals surface area contributed by atoms with E-state index < -0.39 is 0 Å². The normalized spacial score (nSPS) is 15.1. The average Bonchev–Trinajstić information content (AvgIpc) is 2.20. The summed E-state index contributed by atoms with van der Waals surface area (Å²) in [5.41, 5.74) is 2.63. The fourth-order valence-corrected chi connectivity index (χ4v) is 1.58. The molecule has 0 bridgehead atoms. The Morgan fingerprint density at radius 1 is 1.00 bits per heavy atom. The van der Waals surface area contributed by atoms with Gasteiger partial charge in [0.1, 0.15) is 7.85 Å². The number of nitrogens with zero attached hydrogens (tertiary/aromatic N) is 1. The van der Waals surface area contributed by atoms with E-state index in [1.807, 2.05) is 0 Å². The van der Waals surface area contributed by atoms with E-state index >= 15 is 0 Å². The fraction of sp³-hybridized carbons (Fsp3) is 0.400. The van der Waals surface area contributed by atoms with Gasteiger partial charge in [0.2, 0.25) is 0 Å². The van der Waals surface area contributed by atoms with Crippen LogP contribution in [0.4, 0.5) is 5.69 Å². The molecule has 4 nitrogen and oxygen atoms in total. The van der Waals surface area contributed by atoms with Crippen molar-refractivity contribution in [3.05, 3.63) is 24.3 Å². The summed E-state index contributed by atoms with van der Waals surface area (Å²) >= 11 is 0. The molecule has 1 aromatic rings. The van der Waals surface area contributed by atoms with Gasteiger partial charge in [-0.3, -0.25) is 0 Å². The zero-order chi connectivity index (χ0) is 9.10. The second-order valence-electron chi connectivity index (χ2n) is 3.43. The lowest BCUT2D eigenvalue weighted by atomic mass is 9.96. The first-order valence-corrected chi connectivity index (χ1v) is 4.75. The molecule has 0 amide bonds. The Kier molecular flexibility index (Phi) is 6.00. The Balaban J connectivity index is 0.000000980. The first kappa shape index (κ1) is 14.0. The summed E-state index contributed by atoms with van der Waals surface area (Å²) in [7, 11) is 2.11. The van der Waals surface area contributed by atoms with Crippen molar-refractivity contribution in [1.29, 1.82) is 0 Å². The highest BCUT2D eigenvalue weighted by molar-refractivity contribution is 6.32. The van der Waals surface area contributed by atoms with E-state index in [0.29, 0.717) is 0 Å². The van der Waals surface area contributed by atoms with Crippen molar-refractivity contribution in [2.75, 3.05) is 31.2 Å². The first-order chi connectivity index (χ1) is 6.36. The second-order valence-corrected chi connectivity index (χ2v) is 3.43. The van der Waals surface area contributed by atoms with Gasteiger partial charge < -0.3 is 20.6 Å². The molecular weight excluding hydrogens is 193 g/mol. The van der Waals surface area contributed by atoms with E-state index in [1.165, 1.54) is 11.2 Å². The number of hydrogen-bond acceptors (Lipinski definition) is 2. The summed E-state index contributed by atoms with van der Waals surface area (Å²) in [5.74, 6) is 0. The number of ether oxygens (including phenoxy) is 1. The number of hydrogen-bond donors (Lipinski definition) is 0. The van der Waals surface area contributed by atoms with Gasteiger partial charge in [-0.1, -0.05) is 17.6 Å². The molecule has 0 radical (unpaired) electrons. The Hall–Kier alpha value is -1.04. The quantitative estimate of drug-likeness (QED) is 0.510. The minimum absolute atomic E-state index is 0. The topological polar surface area (TPSA) is 75.5 Å². The molecule has 1 aliphatic heterocycles. The van der Waals surface area contributed by atoms with Gasteiger partial charge in [-0.05, 0) is 12.1 Å². The third-order valence-corrected chi connectivity index (χ3v) is 2.41. The Bertz CT molecular complexity index is 273. The van der Waals surface area contributed by atoms with Crippen molar-refractivity contribution >= 4 is 19.0 Å². The molecule has 1 aromatic carbocycles. The van der Waals surface area contributed by atoms with Gasteiger partial charge in [0.25, 0.3) is 0 Å². The van der Waals surface area contributed by atoms with Crippen LogP contribution in [0, 0.1) is 0 Å². The molecule has 1 aliphatic rings. The standard InChI is InChI=1S/C10H14BNO.2H2O/c11-9-1-3-10(4-2-9)12-5-7-13-8-6-12;;/h1-4H,5-8,11H2;2*1H2. The highest BCUT2D eigenvalue weighted by Gasteiger charge is 2.09. The first-order valence-electron chi connectivity index (χ1n) is 4.75. The van der Waals surface area contributed by atoms with Gasteiger partial charge in [-0.15, -0.1) is 0 Å². The minimum atomic E-state index is 0. The molecule has 84 valence electrons. The van der Waals surface area contributed by atoms with E-state index in [9.17, 15) is 0 Å². The van der Waals surface area contributed by atoms with Crippen LogP contribution in [0.3, 0.4) is 0 Å². The maximum absolute atomic E-state index is 5.30. The lowest BCUT2D eigenvalue weighted by Crippen LogP contribution is -2.36. The predicted molar refractivity (Wildman–Crippen MR) is 64.9 cm³/mol. The SMILES string of the molecule is Bc1ccc(N2CCOCC2)cc1.O.O. The van der Waals surface area contributed by atoms with Crippen molar-refractivity contribution in [2.45, 2.75) is 0 Å². The lowest BCUT2D eigenvalue weighted by molar-refractivity contribution is 0.122. The third kappa shape index (κ3) is 3.55. The Morgan fingerprint density at radius 2 is 1.53 bits per heavy atom. The second kappa shape index (κ2) is 6.45. The molecule has 1 fully saturated rings. The van der Waals surface area contributed by atoms with Gasteiger partial charge in [0.15, 0.2) is 0 Å². The Labute approximate surface area is 90.9 Å². The van der Waals surface area contributed by atoms with Crippen LogP contribution in [0.15, 0.2) is 24.3 Å².